The lowest BCUT2D eigenvalue weighted by Gasteiger charge is -2.24. The number of aromatic carboxylic acids is 1. The van der Waals surface area contributed by atoms with Crippen LogP contribution in [0, 0.1) is 0 Å². The fourth-order valence-corrected chi connectivity index (χ4v) is 2.21. The molecular formula is C17H22N2O3. The number of hydrogen-bond acceptors (Lipinski definition) is 3. The van der Waals surface area contributed by atoms with Crippen LogP contribution in [0.25, 0.3) is 11.3 Å². The van der Waals surface area contributed by atoms with Crippen LogP contribution in [0.3, 0.4) is 0 Å². The summed E-state index contributed by atoms with van der Waals surface area (Å²) in [5, 5.41) is 15.7. The lowest BCUT2D eigenvalue weighted by molar-refractivity contribution is 0.0690. The molecule has 0 aliphatic rings. The van der Waals surface area contributed by atoms with Crippen molar-refractivity contribution in [1.82, 2.24) is 10.2 Å². The molecule has 2 rings (SSSR count). The Morgan fingerprint density at radius 1 is 1.32 bits per heavy atom. The molecule has 5 nitrogen and oxygen atoms in total. The maximum Gasteiger partial charge on any atom is 0.353 e. The molecule has 1 heterocycles. The van der Waals surface area contributed by atoms with Crippen LogP contribution in [0.5, 0.6) is 5.75 Å². The zero-order valence-corrected chi connectivity index (χ0v) is 13.4. The molecule has 0 aliphatic heterocycles. The van der Waals surface area contributed by atoms with Gasteiger partial charge >= 0.3 is 5.97 Å². The van der Waals surface area contributed by atoms with Gasteiger partial charge in [0.15, 0.2) is 0 Å². The Kier molecular flexibility index (Phi) is 4.54. The van der Waals surface area contributed by atoms with Crippen LogP contribution < -0.4 is 4.74 Å². The highest BCUT2D eigenvalue weighted by molar-refractivity contribution is 5.87. The van der Waals surface area contributed by atoms with Crippen molar-refractivity contribution in [3.63, 3.8) is 0 Å². The van der Waals surface area contributed by atoms with Crippen molar-refractivity contribution < 1.29 is 14.6 Å². The minimum atomic E-state index is -1.03. The number of carbonyl (C=O) groups is 1. The molecule has 0 saturated carbocycles. The number of benzene rings is 1. The highest BCUT2D eigenvalue weighted by Gasteiger charge is 2.21. The van der Waals surface area contributed by atoms with E-state index in [2.05, 4.69) is 37.0 Å². The zero-order chi connectivity index (χ0) is 16.3. The van der Waals surface area contributed by atoms with Gasteiger partial charge in [-0.15, -0.1) is 0 Å². The summed E-state index contributed by atoms with van der Waals surface area (Å²) in [5.74, 6) is -0.316. The van der Waals surface area contributed by atoms with Crippen molar-refractivity contribution in [3.05, 3.63) is 35.5 Å². The second-order valence-electron chi connectivity index (χ2n) is 5.85. The van der Waals surface area contributed by atoms with E-state index in [0.717, 1.165) is 12.0 Å². The minimum Gasteiger partial charge on any atom is -0.493 e. The molecule has 1 aromatic carbocycles. The van der Waals surface area contributed by atoms with Crippen LogP contribution in [0.1, 0.15) is 50.2 Å². The van der Waals surface area contributed by atoms with Gasteiger partial charge < -0.3 is 9.84 Å². The topological polar surface area (TPSA) is 75.2 Å². The minimum absolute atomic E-state index is 0.0332. The van der Waals surface area contributed by atoms with Crippen molar-refractivity contribution in [2.45, 2.75) is 39.5 Å². The summed E-state index contributed by atoms with van der Waals surface area (Å²) in [6.45, 7) is 8.97. The number of ether oxygens (including phenoxy) is 1. The third-order valence-electron chi connectivity index (χ3n) is 4.03. The summed E-state index contributed by atoms with van der Waals surface area (Å²) in [4.78, 5) is 11.0. The number of carboxylic acid groups (broad SMARTS) is 1. The number of H-pyrrole nitrogens is 1. The first-order valence-electron chi connectivity index (χ1n) is 7.45. The van der Waals surface area contributed by atoms with E-state index in [1.165, 1.54) is 11.6 Å². The Hall–Kier alpha value is -2.30. The van der Waals surface area contributed by atoms with Crippen LogP contribution in [-0.2, 0) is 5.41 Å². The molecule has 0 aliphatic carbocycles. The van der Waals surface area contributed by atoms with Gasteiger partial charge in [0, 0.05) is 5.56 Å². The largest absolute Gasteiger partial charge is 0.493 e. The molecule has 2 N–H and O–H groups in total. The van der Waals surface area contributed by atoms with Crippen molar-refractivity contribution in [2.24, 2.45) is 0 Å². The predicted octanol–water partition coefficient (Wildman–Crippen LogP) is 3.86. The van der Waals surface area contributed by atoms with Gasteiger partial charge in [-0.25, -0.2) is 4.79 Å². The van der Waals surface area contributed by atoms with Crippen molar-refractivity contribution in [2.75, 3.05) is 6.61 Å². The van der Waals surface area contributed by atoms with Gasteiger partial charge in [-0.2, -0.15) is 5.10 Å². The van der Waals surface area contributed by atoms with E-state index in [4.69, 9.17) is 9.84 Å². The van der Waals surface area contributed by atoms with Crippen LogP contribution in [0.4, 0.5) is 0 Å². The van der Waals surface area contributed by atoms with Gasteiger partial charge in [-0.1, -0.05) is 26.8 Å². The summed E-state index contributed by atoms with van der Waals surface area (Å²) in [6, 6.07) is 7.56. The van der Waals surface area contributed by atoms with Gasteiger partial charge in [0.1, 0.15) is 11.4 Å². The fraction of sp³-hybridized carbons (Fsp3) is 0.412. The average Bonchev–Trinajstić information content (AvgIpc) is 2.97. The number of nitrogens with one attached hydrogen (secondary N) is 1. The molecule has 0 spiro atoms. The second kappa shape index (κ2) is 6.22. The zero-order valence-electron chi connectivity index (χ0n) is 13.4. The van der Waals surface area contributed by atoms with Gasteiger partial charge in [-0.05, 0) is 42.5 Å². The molecule has 2 aromatic rings. The normalized spacial score (nSPS) is 11.5. The third-order valence-corrected chi connectivity index (χ3v) is 4.03. The molecule has 0 saturated heterocycles. The SMILES string of the molecule is CCOc1ccc(C(C)(C)CC)cc1-c1cc(C(=O)O)[nH]n1. The monoisotopic (exact) mass is 302 g/mol. The second-order valence-corrected chi connectivity index (χ2v) is 5.85. The molecule has 0 fully saturated rings. The number of nitrogens with zero attached hydrogens (tertiary/aromatic N) is 1. The van der Waals surface area contributed by atoms with Crippen molar-refractivity contribution in [3.8, 4) is 17.0 Å². The number of rotatable bonds is 6. The average molecular weight is 302 g/mol. The Morgan fingerprint density at radius 3 is 2.59 bits per heavy atom. The van der Waals surface area contributed by atoms with Crippen LogP contribution in [0.2, 0.25) is 0 Å². The number of aromatic amines is 1. The smallest absolute Gasteiger partial charge is 0.353 e. The van der Waals surface area contributed by atoms with Gasteiger partial charge in [0.2, 0.25) is 0 Å². The Bertz CT molecular complexity index is 674. The van der Waals surface area contributed by atoms with Crippen LogP contribution in [0.15, 0.2) is 24.3 Å². The van der Waals surface area contributed by atoms with E-state index in [1.807, 2.05) is 19.1 Å². The van der Waals surface area contributed by atoms with E-state index in [0.29, 0.717) is 18.1 Å². The summed E-state index contributed by atoms with van der Waals surface area (Å²) in [7, 11) is 0. The van der Waals surface area contributed by atoms with E-state index in [9.17, 15) is 4.79 Å². The van der Waals surface area contributed by atoms with Gasteiger partial charge in [0.25, 0.3) is 0 Å². The standard InChI is InChI=1S/C17H22N2O3/c1-5-17(3,4)11-7-8-15(22-6-2)12(9-11)13-10-14(16(20)21)19-18-13/h7-10H,5-6H2,1-4H3,(H,18,19)(H,20,21). The highest BCUT2D eigenvalue weighted by Crippen LogP contribution is 2.35. The predicted molar refractivity (Wildman–Crippen MR) is 85.5 cm³/mol. The molecule has 118 valence electrons. The van der Waals surface area contributed by atoms with Gasteiger partial charge in [-0.3, -0.25) is 5.10 Å². The molecule has 1 aromatic heterocycles. The Labute approximate surface area is 130 Å². The van der Waals surface area contributed by atoms with Crippen LogP contribution in [-0.4, -0.2) is 27.9 Å². The van der Waals surface area contributed by atoms with E-state index in [1.54, 1.807) is 0 Å². The molecule has 0 radical (unpaired) electrons. The Morgan fingerprint density at radius 2 is 2.05 bits per heavy atom. The summed E-state index contributed by atoms with van der Waals surface area (Å²) >= 11 is 0. The third kappa shape index (κ3) is 3.13. The Balaban J connectivity index is 2.54. The van der Waals surface area contributed by atoms with Crippen molar-refractivity contribution >= 4 is 5.97 Å². The summed E-state index contributed by atoms with van der Waals surface area (Å²) < 4.78 is 5.66. The molecule has 5 heteroatoms. The molecule has 0 bridgehead atoms. The molecule has 22 heavy (non-hydrogen) atoms. The molecule has 0 amide bonds. The quantitative estimate of drug-likeness (QED) is 0.849. The lowest BCUT2D eigenvalue weighted by atomic mass is 9.81. The lowest BCUT2D eigenvalue weighted by Crippen LogP contribution is -2.15. The summed E-state index contributed by atoms with van der Waals surface area (Å²) in [6.07, 6.45) is 1.00. The summed E-state index contributed by atoms with van der Waals surface area (Å²) in [5.41, 5.74) is 2.66. The van der Waals surface area contributed by atoms with E-state index >= 15 is 0 Å². The van der Waals surface area contributed by atoms with E-state index < -0.39 is 5.97 Å². The maximum absolute atomic E-state index is 11.0. The van der Waals surface area contributed by atoms with Crippen LogP contribution >= 0.6 is 0 Å². The van der Waals surface area contributed by atoms with Crippen molar-refractivity contribution in [1.29, 1.82) is 0 Å². The first-order valence-corrected chi connectivity index (χ1v) is 7.45. The molecule has 0 unspecified atom stereocenters. The molecular weight excluding hydrogens is 280 g/mol. The van der Waals surface area contributed by atoms with E-state index in [-0.39, 0.29) is 11.1 Å². The highest BCUT2D eigenvalue weighted by atomic mass is 16.5. The first kappa shape index (κ1) is 16.1. The number of carboxylic acids is 1. The first-order chi connectivity index (χ1) is 10.4. The molecule has 0 atom stereocenters. The number of aromatic nitrogens is 2. The fourth-order valence-electron chi connectivity index (χ4n) is 2.21. The number of hydrogen-bond donors (Lipinski definition) is 2. The van der Waals surface area contributed by atoms with Gasteiger partial charge in [0.05, 0.1) is 12.3 Å². The maximum atomic E-state index is 11.0.